The first-order chi connectivity index (χ1) is 7.42. The molecule has 1 atom stereocenters. The summed E-state index contributed by atoms with van der Waals surface area (Å²) in [4.78, 5) is 1.61. The molecule has 0 radical (unpaired) electrons. The van der Waals surface area contributed by atoms with Crippen molar-refractivity contribution in [2.45, 2.75) is 25.2 Å². The average molecular weight is 225 g/mol. The van der Waals surface area contributed by atoms with Gasteiger partial charge in [-0.25, -0.2) is 0 Å². The molecule has 0 aliphatic heterocycles. The van der Waals surface area contributed by atoms with E-state index in [1.54, 1.807) is 17.6 Å². The third kappa shape index (κ3) is 2.80. The second-order valence-electron chi connectivity index (χ2n) is 4.09. The van der Waals surface area contributed by atoms with Gasteiger partial charge in [0.1, 0.15) is 0 Å². The van der Waals surface area contributed by atoms with Crippen molar-refractivity contribution in [2.75, 3.05) is 26.8 Å². The van der Waals surface area contributed by atoms with Crippen LogP contribution >= 0.6 is 11.3 Å². The molecule has 1 aromatic heterocycles. The van der Waals surface area contributed by atoms with Crippen LogP contribution in [0.15, 0.2) is 11.4 Å². The maximum Gasteiger partial charge on any atom is 0.0587 e. The van der Waals surface area contributed by atoms with Crippen LogP contribution in [0.1, 0.15) is 29.2 Å². The molecule has 2 nitrogen and oxygen atoms in total. The molecule has 1 aromatic rings. The van der Waals surface area contributed by atoms with E-state index in [1.807, 2.05) is 11.3 Å². The lowest BCUT2D eigenvalue weighted by Gasteiger charge is -2.22. The molecule has 1 aliphatic carbocycles. The van der Waals surface area contributed by atoms with Crippen LogP contribution in [0.25, 0.3) is 0 Å². The molecule has 3 heteroatoms. The van der Waals surface area contributed by atoms with Crippen molar-refractivity contribution < 1.29 is 4.74 Å². The molecule has 0 saturated heterocycles. The zero-order valence-electron chi connectivity index (χ0n) is 9.29. The molecular weight excluding hydrogens is 206 g/mol. The zero-order valence-corrected chi connectivity index (χ0v) is 10.1. The largest absolute Gasteiger partial charge is 0.383 e. The highest BCUT2D eigenvalue weighted by atomic mass is 32.1. The fourth-order valence-corrected chi connectivity index (χ4v) is 3.26. The molecule has 1 unspecified atom stereocenters. The molecule has 1 aliphatic rings. The first-order valence-corrected chi connectivity index (χ1v) is 6.55. The number of ether oxygens (including phenoxy) is 1. The molecule has 0 amide bonds. The minimum atomic E-state index is 0.733. The molecule has 0 bridgehead atoms. The monoisotopic (exact) mass is 225 g/mol. The first-order valence-electron chi connectivity index (χ1n) is 5.67. The van der Waals surface area contributed by atoms with Gasteiger partial charge in [0.2, 0.25) is 0 Å². The minimum absolute atomic E-state index is 0.733. The number of fused-ring (bicyclic) bond motifs is 1. The molecule has 0 aromatic carbocycles. The lowest BCUT2D eigenvalue weighted by atomic mass is 9.88. The van der Waals surface area contributed by atoms with E-state index in [0.29, 0.717) is 0 Å². The van der Waals surface area contributed by atoms with Crippen molar-refractivity contribution in [2.24, 2.45) is 0 Å². The maximum atomic E-state index is 5.03. The van der Waals surface area contributed by atoms with Crippen molar-refractivity contribution in [1.29, 1.82) is 0 Å². The molecule has 15 heavy (non-hydrogen) atoms. The summed E-state index contributed by atoms with van der Waals surface area (Å²) in [5.74, 6) is 0.733. The summed E-state index contributed by atoms with van der Waals surface area (Å²) >= 11 is 1.92. The van der Waals surface area contributed by atoms with E-state index in [-0.39, 0.29) is 0 Å². The van der Waals surface area contributed by atoms with E-state index in [2.05, 4.69) is 16.8 Å². The highest BCUT2D eigenvalue weighted by molar-refractivity contribution is 7.10. The number of rotatable bonds is 5. The summed E-state index contributed by atoms with van der Waals surface area (Å²) in [5.41, 5.74) is 1.59. The van der Waals surface area contributed by atoms with Crippen LogP contribution < -0.4 is 5.32 Å². The van der Waals surface area contributed by atoms with Gasteiger partial charge >= 0.3 is 0 Å². The van der Waals surface area contributed by atoms with E-state index in [9.17, 15) is 0 Å². The lowest BCUT2D eigenvalue weighted by molar-refractivity contribution is 0.198. The van der Waals surface area contributed by atoms with E-state index in [0.717, 1.165) is 25.6 Å². The highest BCUT2D eigenvalue weighted by Gasteiger charge is 2.20. The standard InChI is InChI=1S/C12H19NOS/c1-14-7-6-13-9-10-3-2-4-12-11(10)5-8-15-12/h5,8,10,13H,2-4,6-7,9H2,1H3. The molecule has 0 saturated carbocycles. The maximum absolute atomic E-state index is 5.03. The van der Waals surface area contributed by atoms with E-state index in [1.165, 1.54) is 19.3 Å². The second kappa shape index (κ2) is 5.64. The summed E-state index contributed by atoms with van der Waals surface area (Å²) in [6.07, 6.45) is 3.98. The fraction of sp³-hybridized carbons (Fsp3) is 0.667. The van der Waals surface area contributed by atoms with Crippen molar-refractivity contribution in [1.82, 2.24) is 5.32 Å². The number of methoxy groups -OCH3 is 1. The Kier molecular flexibility index (Phi) is 4.18. The topological polar surface area (TPSA) is 21.3 Å². The molecule has 2 rings (SSSR count). The van der Waals surface area contributed by atoms with Crippen LogP contribution in [0.2, 0.25) is 0 Å². The molecule has 1 heterocycles. The Bertz CT molecular complexity index is 298. The van der Waals surface area contributed by atoms with Crippen LogP contribution in [0, 0.1) is 0 Å². The minimum Gasteiger partial charge on any atom is -0.383 e. The Morgan fingerprint density at radius 3 is 3.40 bits per heavy atom. The van der Waals surface area contributed by atoms with Crippen molar-refractivity contribution in [3.05, 3.63) is 21.9 Å². The Labute approximate surface area is 95.6 Å². The van der Waals surface area contributed by atoms with E-state index in [4.69, 9.17) is 4.74 Å². The Balaban J connectivity index is 1.84. The molecular formula is C12H19NOS. The molecule has 84 valence electrons. The quantitative estimate of drug-likeness (QED) is 0.777. The summed E-state index contributed by atoms with van der Waals surface area (Å²) in [6, 6.07) is 2.31. The van der Waals surface area contributed by atoms with Gasteiger partial charge in [-0.1, -0.05) is 0 Å². The summed E-state index contributed by atoms with van der Waals surface area (Å²) in [7, 11) is 1.75. The third-order valence-electron chi connectivity index (χ3n) is 3.05. The average Bonchev–Trinajstić information content (AvgIpc) is 2.73. The van der Waals surface area contributed by atoms with Crippen LogP contribution in [0.5, 0.6) is 0 Å². The summed E-state index contributed by atoms with van der Waals surface area (Å²) < 4.78 is 5.03. The predicted octanol–water partition coefficient (Wildman–Crippen LogP) is 2.40. The van der Waals surface area contributed by atoms with Crippen LogP contribution in [0.4, 0.5) is 0 Å². The van der Waals surface area contributed by atoms with Gasteiger partial charge in [-0.05, 0) is 42.2 Å². The zero-order chi connectivity index (χ0) is 10.5. The van der Waals surface area contributed by atoms with Gasteiger partial charge in [0, 0.05) is 25.1 Å². The fourth-order valence-electron chi connectivity index (χ4n) is 2.24. The van der Waals surface area contributed by atoms with Crippen molar-refractivity contribution >= 4 is 11.3 Å². The van der Waals surface area contributed by atoms with Crippen molar-refractivity contribution in [3.63, 3.8) is 0 Å². The van der Waals surface area contributed by atoms with Gasteiger partial charge in [-0.3, -0.25) is 0 Å². The van der Waals surface area contributed by atoms with Gasteiger partial charge in [0.15, 0.2) is 0 Å². The molecule has 0 spiro atoms. The lowest BCUT2D eigenvalue weighted by Crippen LogP contribution is -2.26. The number of hydrogen-bond acceptors (Lipinski definition) is 3. The summed E-state index contributed by atoms with van der Waals surface area (Å²) in [6.45, 7) is 2.88. The number of nitrogens with one attached hydrogen (secondary N) is 1. The number of hydrogen-bond donors (Lipinski definition) is 1. The Morgan fingerprint density at radius 1 is 1.60 bits per heavy atom. The molecule has 1 N–H and O–H groups in total. The Hall–Kier alpha value is -0.380. The first kappa shape index (κ1) is 11.1. The van der Waals surface area contributed by atoms with E-state index < -0.39 is 0 Å². The van der Waals surface area contributed by atoms with Crippen molar-refractivity contribution in [3.8, 4) is 0 Å². The van der Waals surface area contributed by atoms with Gasteiger partial charge in [-0.2, -0.15) is 0 Å². The highest BCUT2D eigenvalue weighted by Crippen LogP contribution is 2.34. The number of thiophene rings is 1. The predicted molar refractivity (Wildman–Crippen MR) is 64.7 cm³/mol. The van der Waals surface area contributed by atoms with Crippen LogP contribution in [0.3, 0.4) is 0 Å². The van der Waals surface area contributed by atoms with Gasteiger partial charge < -0.3 is 10.1 Å². The van der Waals surface area contributed by atoms with Gasteiger partial charge in [0.05, 0.1) is 6.61 Å². The summed E-state index contributed by atoms with van der Waals surface area (Å²) in [5, 5.41) is 5.70. The van der Waals surface area contributed by atoms with Crippen LogP contribution in [-0.2, 0) is 11.2 Å². The van der Waals surface area contributed by atoms with E-state index >= 15 is 0 Å². The SMILES string of the molecule is COCCNCC1CCCc2sccc21. The third-order valence-corrected chi connectivity index (χ3v) is 4.05. The van der Waals surface area contributed by atoms with Gasteiger partial charge in [0.25, 0.3) is 0 Å². The molecule has 0 fully saturated rings. The van der Waals surface area contributed by atoms with Gasteiger partial charge in [-0.15, -0.1) is 11.3 Å². The smallest absolute Gasteiger partial charge is 0.0587 e. The second-order valence-corrected chi connectivity index (χ2v) is 5.09. The van der Waals surface area contributed by atoms with Crippen LogP contribution in [-0.4, -0.2) is 26.8 Å². The normalized spacial score (nSPS) is 20.2. The Morgan fingerprint density at radius 2 is 2.53 bits per heavy atom. The number of aryl methyl sites for hydroxylation is 1.